The molecule has 2 aliphatic carbocycles. The highest BCUT2D eigenvalue weighted by Crippen LogP contribution is 2.45. The van der Waals surface area contributed by atoms with Crippen LogP contribution in [0.3, 0.4) is 0 Å². The molecule has 448 valence electrons. The van der Waals surface area contributed by atoms with Gasteiger partial charge in [-0.05, 0) is 121 Å². The highest BCUT2D eigenvalue weighted by molar-refractivity contribution is 5.94. The smallest absolute Gasteiger partial charge is 0.272 e. The lowest BCUT2D eigenvalue weighted by molar-refractivity contribution is -0.195. The molecule has 4 saturated heterocycles. The van der Waals surface area contributed by atoms with Crippen molar-refractivity contribution in [2.75, 3.05) is 119 Å². The fourth-order valence-electron chi connectivity index (χ4n) is 13.1. The van der Waals surface area contributed by atoms with Crippen molar-refractivity contribution in [2.24, 2.45) is 5.41 Å². The maximum Gasteiger partial charge on any atom is 0.272 e. The zero-order chi connectivity index (χ0) is 57.4. The Bertz CT molecular complexity index is 2670. The van der Waals surface area contributed by atoms with Crippen LogP contribution in [0, 0.1) is 5.41 Å². The van der Waals surface area contributed by atoms with Crippen LogP contribution >= 0.6 is 0 Å². The van der Waals surface area contributed by atoms with Gasteiger partial charge in [0.2, 0.25) is 18.2 Å². The van der Waals surface area contributed by atoms with E-state index in [0.29, 0.717) is 60.5 Å². The van der Waals surface area contributed by atoms with Gasteiger partial charge < -0.3 is 53.8 Å². The molecule has 2 atom stereocenters. The van der Waals surface area contributed by atoms with Crippen LogP contribution in [0.25, 0.3) is 22.5 Å². The fourth-order valence-corrected chi connectivity index (χ4v) is 13.1. The van der Waals surface area contributed by atoms with E-state index < -0.39 is 0 Å². The maximum atomic E-state index is 13.8. The molecule has 4 amide bonds. The van der Waals surface area contributed by atoms with Crippen molar-refractivity contribution in [3.63, 3.8) is 0 Å². The maximum absolute atomic E-state index is 13.8. The van der Waals surface area contributed by atoms with Crippen LogP contribution in [0.5, 0.6) is 23.0 Å². The number of piperidine rings is 2. The minimum atomic E-state index is -0.332. The average Bonchev–Trinajstić information content (AvgIpc) is 4.06. The number of ether oxygens (including phenoxy) is 6. The van der Waals surface area contributed by atoms with Crippen LogP contribution in [0.15, 0.2) is 48.5 Å². The van der Waals surface area contributed by atoms with Gasteiger partial charge in [-0.25, -0.2) is 0 Å². The number of methoxy groups -OCH3 is 5. The normalized spacial score (nSPS) is 19.1. The summed E-state index contributed by atoms with van der Waals surface area (Å²) in [4.78, 5) is 61.2. The number of likely N-dealkylation sites (tertiary alicyclic amines) is 3. The Morgan fingerprint density at radius 3 is 1.68 bits per heavy atom. The Hall–Kier alpha value is -6.22. The van der Waals surface area contributed by atoms with E-state index in [0.717, 1.165) is 152 Å². The first kappa shape index (κ1) is 60.4. The number of nitrogens with zero attached hydrogens (tertiary/aromatic N) is 8. The molecule has 2 aromatic carbocycles. The second kappa shape index (κ2) is 29.3. The van der Waals surface area contributed by atoms with E-state index in [-0.39, 0.29) is 53.7 Å². The van der Waals surface area contributed by atoms with Crippen molar-refractivity contribution in [1.29, 1.82) is 0 Å². The Morgan fingerprint density at radius 1 is 0.683 bits per heavy atom. The molecule has 2 N–H and O–H groups in total. The molecule has 0 unspecified atom stereocenters. The number of hydrogen-bond acceptors (Lipinski definition) is 14. The Kier molecular flexibility index (Phi) is 21.6. The molecule has 4 aromatic rings. The summed E-state index contributed by atoms with van der Waals surface area (Å²) in [7, 11) is 8.18. The molecule has 2 saturated carbocycles. The van der Waals surface area contributed by atoms with Gasteiger partial charge in [0, 0.05) is 70.8 Å². The number of amides is 4. The third-order valence-corrected chi connectivity index (χ3v) is 17.7. The van der Waals surface area contributed by atoms with Crippen LogP contribution in [-0.2, 0) is 23.9 Å². The fraction of sp³-hybridized carbons (Fsp3) is 0.645. The summed E-state index contributed by atoms with van der Waals surface area (Å²) in [5, 5.41) is 16.0. The molecular weight excluding hydrogens is 1040 g/mol. The van der Waals surface area contributed by atoms with Crippen LogP contribution in [0.1, 0.15) is 138 Å². The van der Waals surface area contributed by atoms with Crippen LogP contribution in [0.4, 0.5) is 5.82 Å². The molecule has 6 fully saturated rings. The Morgan fingerprint density at radius 2 is 1.20 bits per heavy atom. The van der Waals surface area contributed by atoms with Gasteiger partial charge in [0.1, 0.15) is 23.0 Å². The molecule has 4 aliphatic heterocycles. The van der Waals surface area contributed by atoms with E-state index >= 15 is 0 Å². The summed E-state index contributed by atoms with van der Waals surface area (Å²) in [6, 6.07) is 15.1. The van der Waals surface area contributed by atoms with E-state index in [2.05, 4.69) is 20.4 Å². The van der Waals surface area contributed by atoms with Crippen LogP contribution in [-0.4, -0.2) is 185 Å². The first-order chi connectivity index (χ1) is 40.1. The average molecular weight is 1140 g/mol. The van der Waals surface area contributed by atoms with Crippen molar-refractivity contribution < 1.29 is 47.6 Å². The number of rotatable bonds is 26. The second-order valence-corrected chi connectivity index (χ2v) is 23.4. The summed E-state index contributed by atoms with van der Waals surface area (Å²) >= 11 is 0. The lowest BCUT2D eigenvalue weighted by Crippen LogP contribution is -2.67. The molecule has 2 aromatic heterocycles. The molecule has 0 bridgehead atoms. The number of carbonyl (C=O) groups excluding carboxylic acids is 4. The zero-order valence-electron chi connectivity index (χ0n) is 49.4. The minimum absolute atomic E-state index is 0.102. The van der Waals surface area contributed by atoms with Crippen molar-refractivity contribution in [3.8, 4) is 45.5 Å². The number of aromatic nitrogens is 4. The molecule has 1 spiro atoms. The van der Waals surface area contributed by atoms with Gasteiger partial charge in [0.15, 0.2) is 11.5 Å². The molecule has 0 radical (unpaired) electrons. The predicted molar refractivity (Wildman–Crippen MR) is 314 cm³/mol. The van der Waals surface area contributed by atoms with E-state index in [1.807, 2.05) is 62.8 Å². The van der Waals surface area contributed by atoms with Crippen molar-refractivity contribution >= 4 is 29.9 Å². The number of nitrogens with one attached hydrogen (secondary N) is 2. The minimum Gasteiger partial charge on any atom is -0.496 e. The largest absolute Gasteiger partial charge is 0.496 e. The van der Waals surface area contributed by atoms with E-state index in [4.69, 9.17) is 38.6 Å². The third kappa shape index (κ3) is 14.7. The zero-order valence-corrected chi connectivity index (χ0v) is 49.4. The highest BCUT2D eigenvalue weighted by atomic mass is 16.5. The van der Waals surface area contributed by atoms with E-state index in [1.54, 1.807) is 40.4 Å². The SMILES string of the molecule is COCCNC(=O)C[C@H](CCN1CCCCC1)N(C=O)c1cc(-c2c(OC)cccc2OC)n(C2CCCC2)n1.COc1cccc(OC)c1-c1cc(C(=O)N[C@@H](CCN2CCCCC2)CC(=O)N2CC3(COC3)C2)nn1C1CCCC1. The number of anilines is 1. The molecule has 20 heteroatoms. The highest BCUT2D eigenvalue weighted by Gasteiger charge is 2.50. The number of benzene rings is 2. The van der Waals surface area contributed by atoms with Crippen molar-refractivity contribution in [2.45, 2.75) is 140 Å². The quantitative estimate of drug-likeness (QED) is 0.0454. The lowest BCUT2D eigenvalue weighted by atomic mass is 9.78. The Labute approximate surface area is 484 Å². The van der Waals surface area contributed by atoms with Crippen LogP contribution in [0.2, 0.25) is 0 Å². The van der Waals surface area contributed by atoms with Gasteiger partial charge in [-0.3, -0.25) is 33.4 Å². The van der Waals surface area contributed by atoms with Crippen LogP contribution < -0.4 is 34.5 Å². The monoisotopic (exact) mass is 1130 g/mol. The van der Waals surface area contributed by atoms with Gasteiger partial charge in [-0.1, -0.05) is 50.7 Å². The van der Waals surface area contributed by atoms with Gasteiger partial charge in [0.05, 0.1) is 88.3 Å². The standard InChI is InChI=1S/C32H45N5O5.C30H45N5O5/c1-40-27-11-8-12-28(41-2)30(27)26-18-25(34-37(26)24-9-4-5-10-24)31(39)33-23(13-16-35-14-6-3-7-15-35)17-29(38)36-19-32(20-36)21-42-22-32;1-38-19-15-31-29(37)20-24(14-18-33-16-7-4-8-17-33)34(22-36)28-21-25(35(32-28)23-10-5-6-11-23)30-26(39-2)12-9-13-27(30)40-3/h8,11-12,18,23-24H,3-7,9-10,13-17,19-22H2,1-2H3,(H,33,39);9,12-13,21-24H,4-8,10-11,14-20H2,1-3H3,(H,31,37)/t23-;24-/m00/s1. The summed E-state index contributed by atoms with van der Waals surface area (Å²) in [6.45, 7) is 9.86. The summed E-state index contributed by atoms with van der Waals surface area (Å²) in [6.07, 6.45) is 18.7. The molecular formula is C62H90N10O10. The molecule has 20 nitrogen and oxygen atoms in total. The summed E-state index contributed by atoms with van der Waals surface area (Å²) < 4.78 is 37.4. The topological polar surface area (TPSA) is 196 Å². The number of carbonyl (C=O) groups is 4. The molecule has 6 aliphatic rings. The van der Waals surface area contributed by atoms with Gasteiger partial charge in [0.25, 0.3) is 5.91 Å². The molecule has 82 heavy (non-hydrogen) atoms. The van der Waals surface area contributed by atoms with Gasteiger partial charge >= 0.3 is 0 Å². The first-order valence-electron chi connectivity index (χ1n) is 30.3. The second-order valence-electron chi connectivity index (χ2n) is 23.4. The summed E-state index contributed by atoms with van der Waals surface area (Å²) in [5.74, 6) is 3.01. The van der Waals surface area contributed by atoms with E-state index in [1.165, 1.54) is 38.5 Å². The Balaban J connectivity index is 0.000000198. The van der Waals surface area contributed by atoms with Gasteiger partial charge in [-0.2, -0.15) is 10.2 Å². The van der Waals surface area contributed by atoms with Gasteiger partial charge in [-0.15, -0.1) is 0 Å². The first-order valence-corrected chi connectivity index (χ1v) is 30.3. The summed E-state index contributed by atoms with van der Waals surface area (Å²) in [5.41, 5.74) is 3.80. The molecule has 10 rings (SSSR count). The third-order valence-electron chi connectivity index (χ3n) is 17.7. The van der Waals surface area contributed by atoms with Crippen molar-refractivity contribution in [3.05, 3.63) is 54.2 Å². The molecule has 6 heterocycles. The van der Waals surface area contributed by atoms with E-state index in [9.17, 15) is 19.2 Å². The van der Waals surface area contributed by atoms with Crippen molar-refractivity contribution in [1.82, 2.24) is 44.9 Å². The number of hydrogen-bond donors (Lipinski definition) is 2. The predicted octanol–water partition coefficient (Wildman–Crippen LogP) is 7.95. The lowest BCUT2D eigenvalue weighted by Gasteiger charge is -2.55.